The number of benzene rings is 2. The van der Waals surface area contributed by atoms with Crippen molar-refractivity contribution in [2.45, 2.75) is 166 Å². The molecule has 486 valence electrons. The fourth-order valence-corrected chi connectivity index (χ4v) is 12.7. The molecule has 4 bridgehead atoms. The molecule has 26 heteroatoms. The number of carbonyl (C=O) groups is 9. The molecule has 0 aliphatic carbocycles. The Kier molecular flexibility index (Phi) is 27.3. The maximum absolute atomic E-state index is 14.7. The minimum atomic E-state index is -1.67. The number of aliphatic hydroxyl groups is 1. The summed E-state index contributed by atoms with van der Waals surface area (Å²) < 4.78 is 29.8. The maximum atomic E-state index is 14.7. The molecule has 2 saturated heterocycles. The van der Waals surface area contributed by atoms with Gasteiger partial charge in [0.1, 0.15) is 53.4 Å². The number of fused-ring (bicyclic) bond motifs is 5. The van der Waals surface area contributed by atoms with Crippen LogP contribution in [0.15, 0.2) is 54.1 Å². The fourth-order valence-electron chi connectivity index (χ4n) is 10.8. The number of esters is 2. The van der Waals surface area contributed by atoms with E-state index in [-0.39, 0.29) is 73.4 Å². The number of urea groups is 1. The summed E-state index contributed by atoms with van der Waals surface area (Å²) in [6, 6.07) is 3.47. The van der Waals surface area contributed by atoms with E-state index in [0.29, 0.717) is 59.2 Å². The topological polar surface area (TPSA) is 316 Å². The zero-order chi connectivity index (χ0) is 65.4. The summed E-state index contributed by atoms with van der Waals surface area (Å²) in [6.45, 7) is 12.6. The van der Waals surface area contributed by atoms with E-state index in [4.69, 9.17) is 41.0 Å². The van der Waals surface area contributed by atoms with Crippen LogP contribution in [-0.2, 0) is 58.9 Å². The summed E-state index contributed by atoms with van der Waals surface area (Å²) in [5.74, 6) is -5.78. The molecule has 5 rings (SSSR count). The SMILES string of the molecule is COc1ccc(C(=O)N(C)[C@@H](C)C(=O)O[C@H]2CC(=O)N(C)c3cc(cc(C)c3Cl)C/C(C)=C/C=C/[C@@H](OC)[C@]3(O)CC(=O)O[C@@H](C3)[C@@H](C)[C@@H]3O[C@@]23C)c(NC(=O)[C@H](CCCNC(N)=O)NC(=O)[C@@H](NC(=O)CCCCCNC(=O)C(CBr)CBr)C(C)C)c1. The van der Waals surface area contributed by atoms with Crippen molar-refractivity contribution in [2.24, 2.45) is 23.5 Å². The van der Waals surface area contributed by atoms with Gasteiger partial charge in [-0.3, -0.25) is 33.6 Å². The number of hydrogen-bond acceptors (Lipinski definition) is 15. The van der Waals surface area contributed by atoms with Gasteiger partial charge in [-0.2, -0.15) is 0 Å². The Morgan fingerprint density at radius 3 is 2.28 bits per heavy atom. The van der Waals surface area contributed by atoms with Crippen molar-refractivity contribution in [1.82, 2.24) is 26.2 Å². The average Bonchev–Trinajstić information content (AvgIpc) is 2.32. The van der Waals surface area contributed by atoms with Crippen LogP contribution >= 0.6 is 43.5 Å². The lowest BCUT2D eigenvalue weighted by molar-refractivity contribution is -0.187. The smallest absolute Gasteiger partial charge is 0.328 e. The number of aryl methyl sites for hydroxylation is 1. The Balaban J connectivity index is 1.38. The molecule has 3 aliphatic heterocycles. The zero-order valence-corrected chi connectivity index (χ0v) is 56.0. The first-order valence-corrected chi connectivity index (χ1v) is 32.2. The third-order valence-corrected chi connectivity index (χ3v) is 18.5. The highest BCUT2D eigenvalue weighted by atomic mass is 79.9. The number of rotatable bonds is 25. The molecule has 2 fully saturated rings. The number of allylic oxidation sites excluding steroid dienone is 3. The van der Waals surface area contributed by atoms with Crippen molar-refractivity contribution in [1.29, 1.82) is 0 Å². The van der Waals surface area contributed by atoms with E-state index in [1.165, 1.54) is 51.3 Å². The van der Waals surface area contributed by atoms with Gasteiger partial charge in [-0.25, -0.2) is 9.59 Å². The van der Waals surface area contributed by atoms with Crippen molar-refractivity contribution < 1.29 is 71.9 Å². The molecular formula is C62H87Br2ClN8O15. The molecule has 8 N–H and O–H groups in total. The minimum absolute atomic E-state index is 0.0275. The van der Waals surface area contributed by atoms with Crippen LogP contribution in [0.2, 0.25) is 5.02 Å². The van der Waals surface area contributed by atoms with Crippen LogP contribution in [0.5, 0.6) is 5.75 Å². The molecule has 3 heterocycles. The van der Waals surface area contributed by atoms with Gasteiger partial charge in [0.2, 0.25) is 29.5 Å². The lowest BCUT2D eigenvalue weighted by Crippen LogP contribution is -2.54. The first-order valence-electron chi connectivity index (χ1n) is 29.5. The predicted molar refractivity (Wildman–Crippen MR) is 339 cm³/mol. The highest BCUT2D eigenvalue weighted by Gasteiger charge is 2.64. The quantitative estimate of drug-likeness (QED) is 0.0242. The molecule has 88 heavy (non-hydrogen) atoms. The van der Waals surface area contributed by atoms with Gasteiger partial charge in [0, 0.05) is 69.8 Å². The van der Waals surface area contributed by atoms with Gasteiger partial charge >= 0.3 is 18.0 Å². The van der Waals surface area contributed by atoms with Gasteiger partial charge in [-0.1, -0.05) is 101 Å². The van der Waals surface area contributed by atoms with Gasteiger partial charge in [-0.05, 0) is 95.0 Å². The third kappa shape index (κ3) is 19.4. The van der Waals surface area contributed by atoms with E-state index in [1.54, 1.807) is 46.9 Å². The normalized spacial score (nSPS) is 24.0. The van der Waals surface area contributed by atoms with E-state index in [9.17, 15) is 48.3 Å². The summed E-state index contributed by atoms with van der Waals surface area (Å²) in [5, 5.41) is 27.1. The number of likely N-dealkylation sites (N-methyl/N-ethyl adjacent to an activating group) is 1. The second-order valence-corrected chi connectivity index (χ2v) is 25.2. The Labute approximate surface area is 537 Å². The number of halogens is 3. The van der Waals surface area contributed by atoms with E-state index in [2.05, 4.69) is 58.4 Å². The fraction of sp³-hybridized carbons (Fsp3) is 0.597. The van der Waals surface area contributed by atoms with Crippen LogP contribution in [0.4, 0.5) is 16.2 Å². The standard InChI is InChI=1S/C62H87Br2ClN8O15/c1-34(2)53(71-49(74)20-13-12-14-23-67-55(77)40(32-63)33-64)57(79)69-43(18-16-24-68-60(66)82)56(78)70-44-28-41(84-10)21-22-42(44)58(80)72(8)38(6)59(81)87-48-29-50(75)73(9)45-27-39(26-36(4)52(45)65)25-35(3)17-15-19-47(85-11)62(83)30-46(86-51(76)31-62)37(5)54-61(48,7)88-54/h15,17,19,21-22,26-28,34,37-38,40,43,46-48,53-54,83H,12-14,16,18,20,23-25,29-33H2,1-11H3,(H,67,77)(H,69,79)(H,70,78)(H,71,74)(H3,66,68,82)/b19-15+,35-17+/t37-,38+,43+,46+,47-,48+,53+,54+,61+,62-/m1/s1. The van der Waals surface area contributed by atoms with Crippen molar-refractivity contribution in [3.63, 3.8) is 0 Å². The van der Waals surface area contributed by atoms with Crippen molar-refractivity contribution in [2.75, 3.05) is 62.3 Å². The monoisotopic (exact) mass is 1380 g/mol. The first-order chi connectivity index (χ1) is 41.5. The molecule has 2 aromatic carbocycles. The summed E-state index contributed by atoms with van der Waals surface area (Å²) in [6.07, 6.45) is 3.13. The number of nitrogens with two attached hydrogens (primary N) is 1. The van der Waals surface area contributed by atoms with Gasteiger partial charge in [0.25, 0.3) is 5.91 Å². The van der Waals surface area contributed by atoms with Crippen molar-refractivity contribution >= 4 is 108 Å². The number of methoxy groups -OCH3 is 2. The third-order valence-electron chi connectivity index (χ3n) is 16.4. The molecule has 10 atom stereocenters. The molecule has 0 radical (unpaired) electrons. The molecule has 0 saturated carbocycles. The van der Waals surface area contributed by atoms with Gasteiger partial charge < -0.3 is 70.9 Å². The number of hydrogen-bond donors (Lipinski definition) is 7. The molecule has 0 aromatic heterocycles. The van der Waals surface area contributed by atoms with E-state index in [0.717, 1.165) is 16.0 Å². The Hall–Kier alpha value is -6.12. The number of amides is 8. The number of nitrogens with zero attached hydrogens (tertiary/aromatic N) is 2. The van der Waals surface area contributed by atoms with E-state index in [1.807, 2.05) is 32.1 Å². The van der Waals surface area contributed by atoms with Gasteiger partial charge in [0.05, 0.1) is 53.9 Å². The Morgan fingerprint density at radius 1 is 0.943 bits per heavy atom. The number of anilines is 2. The molecule has 0 spiro atoms. The van der Waals surface area contributed by atoms with Gasteiger partial charge in [0.15, 0.2) is 0 Å². The molecule has 0 unspecified atom stereocenters. The summed E-state index contributed by atoms with van der Waals surface area (Å²) >= 11 is 13.6. The maximum Gasteiger partial charge on any atom is 0.328 e. The number of epoxide rings is 1. The predicted octanol–water partition coefficient (Wildman–Crippen LogP) is 6.48. The molecule has 23 nitrogen and oxygen atoms in total. The van der Waals surface area contributed by atoms with Crippen LogP contribution in [0, 0.1) is 24.7 Å². The van der Waals surface area contributed by atoms with Crippen LogP contribution in [0.3, 0.4) is 0 Å². The van der Waals surface area contributed by atoms with Crippen LogP contribution in [0.25, 0.3) is 0 Å². The number of primary amides is 1. The lowest BCUT2D eigenvalue weighted by atomic mass is 9.78. The lowest BCUT2D eigenvalue weighted by Gasteiger charge is -2.41. The number of nitrogens with one attached hydrogen (secondary N) is 5. The van der Waals surface area contributed by atoms with Crippen LogP contribution in [0.1, 0.15) is 121 Å². The summed E-state index contributed by atoms with van der Waals surface area (Å²) in [5.41, 5.74) is 5.00. The Bertz CT molecular complexity index is 2930. The second kappa shape index (κ2) is 33.1. The number of alkyl halides is 2. The van der Waals surface area contributed by atoms with Crippen LogP contribution < -0.4 is 42.0 Å². The first kappa shape index (κ1) is 72.6. The molecule has 2 aromatic rings. The van der Waals surface area contributed by atoms with Crippen LogP contribution in [-0.4, -0.2) is 169 Å². The van der Waals surface area contributed by atoms with Crippen molar-refractivity contribution in [3.05, 3.63) is 75.8 Å². The zero-order valence-electron chi connectivity index (χ0n) is 52.1. The molecule has 3 aliphatic rings. The highest BCUT2D eigenvalue weighted by molar-refractivity contribution is 9.09. The summed E-state index contributed by atoms with van der Waals surface area (Å²) in [4.78, 5) is 125. The van der Waals surface area contributed by atoms with Gasteiger partial charge in [-0.15, -0.1) is 0 Å². The summed E-state index contributed by atoms with van der Waals surface area (Å²) in [7, 11) is 5.74. The minimum Gasteiger partial charge on any atom is -0.497 e. The van der Waals surface area contributed by atoms with E-state index < -0.39 is 114 Å². The number of ether oxygens (including phenoxy) is 5. The molecular weight excluding hydrogens is 1290 g/mol. The average molecular weight is 1380 g/mol. The number of carbonyl (C=O) groups excluding carboxylic acids is 9. The highest BCUT2D eigenvalue weighted by Crippen LogP contribution is 2.50. The number of unbranched alkanes of at least 4 members (excludes halogenated alkanes) is 2. The van der Waals surface area contributed by atoms with Crippen molar-refractivity contribution in [3.8, 4) is 5.75 Å². The largest absolute Gasteiger partial charge is 0.497 e. The molecule has 8 amide bonds. The van der Waals surface area contributed by atoms with E-state index >= 15 is 0 Å². The Morgan fingerprint density at radius 2 is 1.64 bits per heavy atom. The second-order valence-electron chi connectivity index (χ2n) is 23.5.